The van der Waals surface area contributed by atoms with E-state index in [2.05, 4.69) is 5.32 Å². The second-order valence-electron chi connectivity index (χ2n) is 21.4. The van der Waals surface area contributed by atoms with Crippen molar-refractivity contribution in [3.63, 3.8) is 0 Å². The van der Waals surface area contributed by atoms with Crippen molar-refractivity contribution >= 4 is 23.2 Å². The molecule has 0 spiro atoms. The number of nitrogens with one attached hydrogen (secondary N) is 1. The Bertz CT molecular complexity index is 2200. The predicted molar refractivity (Wildman–Crippen MR) is 293 cm³/mol. The lowest BCUT2D eigenvalue weighted by molar-refractivity contribution is -0.309. The summed E-state index contributed by atoms with van der Waals surface area (Å²) in [5.41, 5.74) is 7.33. The molecule has 2 saturated heterocycles. The summed E-state index contributed by atoms with van der Waals surface area (Å²) in [6, 6.07) is 6.07. The highest BCUT2D eigenvalue weighted by molar-refractivity contribution is 5.96. The van der Waals surface area contributed by atoms with Crippen LogP contribution in [0.1, 0.15) is 115 Å². The number of esters is 1. The van der Waals surface area contributed by atoms with Crippen molar-refractivity contribution in [2.75, 3.05) is 12.4 Å². The Kier molecular flexibility index (Phi) is 28.1. The maximum atomic E-state index is 13.3. The third kappa shape index (κ3) is 22.9. The number of carbonyl (C=O) groups excluding carboxylic acids is 3. The molecule has 4 rings (SSSR count). The van der Waals surface area contributed by atoms with Crippen LogP contribution in [0, 0.1) is 17.8 Å². The van der Waals surface area contributed by atoms with Crippen LogP contribution in [0.15, 0.2) is 109 Å². The summed E-state index contributed by atoms with van der Waals surface area (Å²) in [6.45, 7) is 7.09. The molecular formula is C59H88N2O17. The number of aliphatic hydroxyl groups is 10. The van der Waals surface area contributed by atoms with Crippen LogP contribution in [0.25, 0.3) is 0 Å². The van der Waals surface area contributed by atoms with Crippen molar-refractivity contribution < 1.29 is 84.4 Å². The normalized spacial score (nSPS) is 35.9. The van der Waals surface area contributed by atoms with Crippen molar-refractivity contribution in [3.05, 3.63) is 115 Å². The molecule has 1 unspecified atom stereocenters. The maximum absolute atomic E-state index is 13.3. The third-order valence-corrected chi connectivity index (χ3v) is 14.5. The fraction of sp³-hybridized carbons (Fsp3) is 0.610. The average Bonchev–Trinajstić information content (AvgIpc) is 3.38. The Labute approximate surface area is 459 Å². The van der Waals surface area contributed by atoms with E-state index in [4.69, 9.17) is 24.7 Å². The smallest absolute Gasteiger partial charge is 0.308 e. The first-order chi connectivity index (χ1) is 37.0. The van der Waals surface area contributed by atoms with Gasteiger partial charge in [-0.2, -0.15) is 0 Å². The van der Waals surface area contributed by atoms with Crippen LogP contribution in [-0.4, -0.2) is 173 Å². The Balaban J connectivity index is 1.51. The minimum atomic E-state index is -2.07. The molecule has 0 aliphatic carbocycles. The lowest BCUT2D eigenvalue weighted by Gasteiger charge is -2.45. The van der Waals surface area contributed by atoms with E-state index in [-0.39, 0.29) is 62.6 Å². The number of nitrogens with two attached hydrogens (primary N) is 1. The Morgan fingerprint density at radius 2 is 1.27 bits per heavy atom. The van der Waals surface area contributed by atoms with Crippen molar-refractivity contribution in [3.8, 4) is 0 Å². The van der Waals surface area contributed by atoms with Gasteiger partial charge in [0, 0.05) is 68.7 Å². The zero-order valence-corrected chi connectivity index (χ0v) is 45.7. The average molecular weight is 1100 g/mol. The van der Waals surface area contributed by atoms with E-state index in [0.717, 1.165) is 5.69 Å². The molecular weight excluding hydrogens is 1010 g/mol. The first-order valence-corrected chi connectivity index (χ1v) is 27.3. The molecule has 13 N–H and O–H groups in total. The first kappa shape index (κ1) is 66.0. The SMILES string of the molecule is CNc1ccc(C(=O)CC(O)CC[C@H](C)[C@H]2OC(=O)C[C@@H](O)CC(=O)C[C@H](O)C[C@H](O)C[C@H](O)C[C@H](O)C[C@]3(O)C[C@H](O)[C@@H](C)[C@H](C[C@@H](O[C@@H]4O[C@H](C)[C@@H](N)[C@H](O)[C@@H]4O)C=CC=CC=CC=CC=CC=CC=C[C@@H]2C)O3)cc1. The van der Waals surface area contributed by atoms with Gasteiger partial charge >= 0.3 is 5.97 Å². The Morgan fingerprint density at radius 3 is 1.87 bits per heavy atom. The zero-order valence-electron chi connectivity index (χ0n) is 45.7. The monoisotopic (exact) mass is 1100 g/mol. The largest absolute Gasteiger partial charge is 0.461 e. The highest BCUT2D eigenvalue weighted by Gasteiger charge is 2.47. The van der Waals surface area contributed by atoms with Crippen LogP contribution in [0.3, 0.4) is 0 Å². The van der Waals surface area contributed by atoms with Gasteiger partial charge in [0.1, 0.15) is 24.1 Å². The summed E-state index contributed by atoms with van der Waals surface area (Å²) in [5.74, 6) is -4.84. The van der Waals surface area contributed by atoms with Crippen LogP contribution in [0.2, 0.25) is 0 Å². The lowest BCUT2D eigenvalue weighted by Crippen LogP contribution is -2.61. The summed E-state index contributed by atoms with van der Waals surface area (Å²) >= 11 is 0. The second-order valence-corrected chi connectivity index (χ2v) is 21.4. The quantitative estimate of drug-likeness (QED) is 0.117. The lowest BCUT2D eigenvalue weighted by atomic mass is 9.84. The van der Waals surface area contributed by atoms with E-state index in [0.29, 0.717) is 12.0 Å². The number of anilines is 1. The molecule has 2 bridgehead atoms. The minimum absolute atomic E-state index is 0.0224. The highest BCUT2D eigenvalue weighted by atomic mass is 16.7. The number of allylic oxidation sites excluding steroid dienone is 12. The van der Waals surface area contributed by atoms with Gasteiger partial charge in [0.25, 0.3) is 0 Å². The Hall–Kier alpha value is -4.55. The number of carbonyl (C=O) groups is 3. The van der Waals surface area contributed by atoms with Gasteiger partial charge < -0.3 is 81.1 Å². The number of fused-ring (bicyclic) bond motifs is 2. The molecule has 436 valence electrons. The fourth-order valence-corrected chi connectivity index (χ4v) is 9.87. The van der Waals surface area contributed by atoms with Crippen LogP contribution in [-0.2, 0) is 28.5 Å². The molecule has 78 heavy (non-hydrogen) atoms. The molecule has 19 atom stereocenters. The number of ether oxygens (including phenoxy) is 4. The van der Waals surface area contributed by atoms with Gasteiger partial charge in [0.15, 0.2) is 17.9 Å². The second kappa shape index (κ2) is 33.3. The molecule has 1 aromatic rings. The maximum Gasteiger partial charge on any atom is 0.308 e. The van der Waals surface area contributed by atoms with Gasteiger partial charge in [-0.15, -0.1) is 0 Å². The summed E-state index contributed by atoms with van der Waals surface area (Å²) in [5, 5.41) is 112. The van der Waals surface area contributed by atoms with Gasteiger partial charge in [-0.05, 0) is 69.2 Å². The molecule has 0 amide bonds. The number of cyclic esters (lactones) is 1. The van der Waals surface area contributed by atoms with Crippen LogP contribution >= 0.6 is 0 Å². The van der Waals surface area contributed by atoms with Crippen molar-refractivity contribution in [1.29, 1.82) is 0 Å². The molecule has 0 radical (unpaired) electrons. The number of Topliss-reactive ketones (excluding diaryl/α,β-unsaturated/α-hetero) is 2. The van der Waals surface area contributed by atoms with Crippen molar-refractivity contribution in [1.82, 2.24) is 0 Å². The third-order valence-electron chi connectivity index (χ3n) is 14.5. The van der Waals surface area contributed by atoms with Crippen LogP contribution in [0.4, 0.5) is 5.69 Å². The number of rotatable bonds is 10. The summed E-state index contributed by atoms with van der Waals surface area (Å²) in [4.78, 5) is 39.2. The van der Waals surface area contributed by atoms with Gasteiger partial charge in [-0.1, -0.05) is 106 Å². The number of ketones is 2. The number of hydrogen-bond acceptors (Lipinski definition) is 19. The summed E-state index contributed by atoms with van der Waals surface area (Å²) < 4.78 is 24.1. The van der Waals surface area contributed by atoms with Crippen molar-refractivity contribution in [2.24, 2.45) is 23.5 Å². The molecule has 3 aliphatic rings. The number of benzene rings is 1. The molecule has 19 heteroatoms. The van der Waals surface area contributed by atoms with E-state index in [9.17, 15) is 65.4 Å². The molecule has 3 heterocycles. The first-order valence-electron chi connectivity index (χ1n) is 27.3. The molecule has 3 aliphatic heterocycles. The van der Waals surface area contributed by atoms with Gasteiger partial charge in [-0.3, -0.25) is 14.4 Å². The van der Waals surface area contributed by atoms with E-state index < -0.39 is 141 Å². The summed E-state index contributed by atoms with van der Waals surface area (Å²) in [7, 11) is 1.77. The van der Waals surface area contributed by atoms with Gasteiger partial charge in [0.05, 0.1) is 73.5 Å². The summed E-state index contributed by atoms with van der Waals surface area (Å²) in [6.07, 6.45) is 6.18. The van der Waals surface area contributed by atoms with Gasteiger partial charge in [0.2, 0.25) is 0 Å². The number of hydrogen-bond donors (Lipinski definition) is 12. The van der Waals surface area contributed by atoms with E-state index in [1.54, 1.807) is 93.8 Å². The molecule has 19 nitrogen and oxygen atoms in total. The van der Waals surface area contributed by atoms with Crippen molar-refractivity contribution in [2.45, 2.75) is 202 Å². The molecule has 1 aromatic carbocycles. The van der Waals surface area contributed by atoms with Gasteiger partial charge in [-0.25, -0.2) is 0 Å². The van der Waals surface area contributed by atoms with Crippen LogP contribution in [0.5, 0.6) is 0 Å². The highest BCUT2D eigenvalue weighted by Crippen LogP contribution is 2.38. The number of aliphatic hydroxyl groups excluding tert-OH is 9. The van der Waals surface area contributed by atoms with E-state index in [1.165, 1.54) is 0 Å². The molecule has 2 fully saturated rings. The minimum Gasteiger partial charge on any atom is -0.461 e. The Morgan fingerprint density at radius 1 is 0.718 bits per heavy atom. The van der Waals surface area contributed by atoms with E-state index >= 15 is 0 Å². The zero-order chi connectivity index (χ0) is 57.5. The predicted octanol–water partition coefficient (Wildman–Crippen LogP) is 3.68. The molecule has 0 aromatic heterocycles. The molecule has 0 saturated carbocycles. The fourth-order valence-electron chi connectivity index (χ4n) is 9.87. The van der Waals surface area contributed by atoms with E-state index in [1.807, 2.05) is 50.3 Å². The standard InChI is InChI=1S/C59H88N2O17/c1-36-18-16-14-12-10-8-6-7-9-11-13-15-17-19-49(76-58-56(73)55(72)54(60)39(4)75-58)33-52-38(3)51(70)35-59(74,78-52)34-48(68)30-46(66)28-44(64)26-43(63)27-45(65)29-47(67)32-53(71)77-57(36)37(2)20-25-42(62)31-50(69)40-21-23-41(61-5)24-22-40/h6-19,21-24,36-39,42-44,46-49,51-52,54-58,61-64,66-68,70,72-74H,20,25-35,60H2,1-5H3/t36-,37-,38+,39+,42?,43+,44-,46-,47-,48-,49-,51-,52-,54+,55-,56-,57-,58-,59+/m0/s1. The topological polar surface area (TPSA) is 328 Å². The van der Waals surface area contributed by atoms with Crippen LogP contribution < -0.4 is 11.1 Å².